The van der Waals surface area contributed by atoms with Crippen LogP contribution < -0.4 is 10.7 Å². The molecule has 8 heteroatoms. The molecule has 0 unspecified atom stereocenters. The second-order valence-electron chi connectivity index (χ2n) is 7.21. The van der Waals surface area contributed by atoms with Gasteiger partial charge >= 0.3 is 12.0 Å². The fourth-order valence-electron chi connectivity index (χ4n) is 3.66. The lowest BCUT2D eigenvalue weighted by Gasteiger charge is -2.25. The number of amides is 4. The fourth-order valence-corrected chi connectivity index (χ4v) is 3.66. The highest BCUT2D eigenvalue weighted by Gasteiger charge is 2.52. The van der Waals surface area contributed by atoms with Gasteiger partial charge in [-0.1, -0.05) is 74.5 Å². The van der Waals surface area contributed by atoms with E-state index in [1.165, 1.54) is 0 Å². The molecular weight excluding hydrogens is 398 g/mol. The molecule has 2 N–H and O–H groups in total. The monoisotopic (exact) mass is 423 g/mol. The summed E-state index contributed by atoms with van der Waals surface area (Å²) in [4.78, 5) is 50.2. The average molecular weight is 423 g/mol. The topological polar surface area (TPSA) is 105 Å². The van der Waals surface area contributed by atoms with Crippen molar-refractivity contribution in [3.05, 3.63) is 71.8 Å². The maximum absolute atomic E-state index is 13.0. The maximum Gasteiger partial charge on any atom is 0.344 e. The Morgan fingerprint density at radius 3 is 2.23 bits per heavy atom. The standard InChI is InChI=1S/C23H25N3O5/c1-3-18(16-11-7-5-8-12-16)20(28)31-15-19(27)25-26-21(29)23(4-2,24-22(26)30)17-13-9-6-10-14-17/h5-14,18H,3-4,15H2,1-2H3,(H,24,30)(H,25,27)/t18-,23+/m1/s1. The van der Waals surface area contributed by atoms with E-state index in [2.05, 4.69) is 10.7 Å². The SMILES string of the molecule is CC[C@@H](C(=O)OCC(=O)NN1C(=O)N[C@@](CC)(c2ccccc2)C1=O)c1ccccc1. The van der Waals surface area contributed by atoms with Crippen molar-refractivity contribution in [3.8, 4) is 0 Å². The molecule has 2 atom stereocenters. The highest BCUT2D eigenvalue weighted by Crippen LogP contribution is 2.31. The van der Waals surface area contributed by atoms with E-state index in [0.717, 1.165) is 5.56 Å². The van der Waals surface area contributed by atoms with E-state index in [0.29, 0.717) is 23.4 Å². The van der Waals surface area contributed by atoms with Crippen LogP contribution in [0, 0.1) is 0 Å². The number of urea groups is 1. The number of hydrogen-bond acceptors (Lipinski definition) is 5. The number of carbonyl (C=O) groups excluding carboxylic acids is 4. The zero-order valence-electron chi connectivity index (χ0n) is 17.5. The van der Waals surface area contributed by atoms with Gasteiger partial charge in [-0.25, -0.2) is 4.79 Å². The molecule has 162 valence electrons. The third kappa shape index (κ3) is 4.42. The molecule has 4 amide bonds. The van der Waals surface area contributed by atoms with Gasteiger partial charge in [-0.15, -0.1) is 0 Å². The van der Waals surface area contributed by atoms with Crippen LogP contribution in [0.4, 0.5) is 4.79 Å². The molecule has 1 heterocycles. The highest BCUT2D eigenvalue weighted by atomic mass is 16.5. The van der Waals surface area contributed by atoms with E-state index in [4.69, 9.17) is 4.74 Å². The van der Waals surface area contributed by atoms with Crippen molar-refractivity contribution >= 4 is 23.8 Å². The molecule has 1 fully saturated rings. The predicted octanol–water partition coefficient (Wildman–Crippen LogP) is 2.61. The van der Waals surface area contributed by atoms with Crippen molar-refractivity contribution in [3.63, 3.8) is 0 Å². The van der Waals surface area contributed by atoms with E-state index >= 15 is 0 Å². The van der Waals surface area contributed by atoms with Gasteiger partial charge in [0, 0.05) is 0 Å². The fraction of sp³-hybridized carbons (Fsp3) is 0.304. The summed E-state index contributed by atoms with van der Waals surface area (Å²) in [6, 6.07) is 17.2. The van der Waals surface area contributed by atoms with E-state index in [9.17, 15) is 19.2 Å². The molecule has 0 radical (unpaired) electrons. The Kier molecular flexibility index (Phi) is 6.69. The number of benzene rings is 2. The second-order valence-corrected chi connectivity index (χ2v) is 7.21. The van der Waals surface area contributed by atoms with Crippen molar-refractivity contribution in [2.75, 3.05) is 6.61 Å². The summed E-state index contributed by atoms with van der Waals surface area (Å²) in [5, 5.41) is 3.31. The molecule has 0 saturated carbocycles. The van der Waals surface area contributed by atoms with Gasteiger partial charge in [0.15, 0.2) is 6.61 Å². The number of esters is 1. The summed E-state index contributed by atoms with van der Waals surface area (Å²) in [7, 11) is 0. The van der Waals surface area contributed by atoms with Crippen molar-refractivity contribution in [2.24, 2.45) is 0 Å². The molecule has 1 saturated heterocycles. The van der Waals surface area contributed by atoms with E-state index in [-0.39, 0.29) is 0 Å². The Labute approximate surface area is 180 Å². The van der Waals surface area contributed by atoms with Crippen LogP contribution in [-0.2, 0) is 24.7 Å². The number of hydrogen-bond donors (Lipinski definition) is 2. The number of carbonyl (C=O) groups is 4. The molecule has 1 aliphatic heterocycles. The molecule has 31 heavy (non-hydrogen) atoms. The predicted molar refractivity (Wildman–Crippen MR) is 112 cm³/mol. The number of nitrogens with one attached hydrogen (secondary N) is 2. The van der Waals surface area contributed by atoms with Crippen LogP contribution in [0.15, 0.2) is 60.7 Å². The van der Waals surface area contributed by atoms with Crippen LogP contribution >= 0.6 is 0 Å². The van der Waals surface area contributed by atoms with Crippen LogP contribution in [0.5, 0.6) is 0 Å². The quantitative estimate of drug-likeness (QED) is 0.502. The lowest BCUT2D eigenvalue weighted by molar-refractivity contribution is -0.152. The summed E-state index contributed by atoms with van der Waals surface area (Å²) in [5.41, 5.74) is 2.39. The molecule has 2 aromatic carbocycles. The normalized spacial score (nSPS) is 19.0. The number of hydrazine groups is 1. The maximum atomic E-state index is 13.0. The van der Waals surface area contributed by atoms with E-state index in [1.54, 1.807) is 37.3 Å². The van der Waals surface area contributed by atoms with Gasteiger partial charge in [-0.2, -0.15) is 5.01 Å². The van der Waals surface area contributed by atoms with Crippen molar-refractivity contribution in [1.82, 2.24) is 15.8 Å². The van der Waals surface area contributed by atoms with Gasteiger partial charge in [0.05, 0.1) is 5.92 Å². The first-order valence-electron chi connectivity index (χ1n) is 10.2. The Balaban J connectivity index is 1.63. The summed E-state index contributed by atoms with van der Waals surface area (Å²) >= 11 is 0. The zero-order chi connectivity index (χ0) is 22.4. The Morgan fingerprint density at radius 2 is 1.65 bits per heavy atom. The van der Waals surface area contributed by atoms with Gasteiger partial charge in [-0.3, -0.25) is 19.8 Å². The van der Waals surface area contributed by atoms with Gasteiger partial charge < -0.3 is 10.1 Å². The average Bonchev–Trinajstić information content (AvgIpc) is 3.04. The van der Waals surface area contributed by atoms with Crippen molar-refractivity contribution in [2.45, 2.75) is 38.1 Å². The van der Waals surface area contributed by atoms with Crippen LogP contribution in [0.1, 0.15) is 43.7 Å². The Bertz CT molecular complexity index is 964. The molecule has 3 rings (SSSR count). The molecular formula is C23H25N3O5. The Morgan fingerprint density at radius 1 is 1.03 bits per heavy atom. The van der Waals surface area contributed by atoms with Gasteiger partial charge in [-0.05, 0) is 24.0 Å². The molecule has 8 nitrogen and oxygen atoms in total. The first-order chi connectivity index (χ1) is 14.9. The smallest absolute Gasteiger partial charge is 0.344 e. The van der Waals surface area contributed by atoms with Crippen LogP contribution in [0.2, 0.25) is 0 Å². The highest BCUT2D eigenvalue weighted by molar-refractivity contribution is 6.08. The summed E-state index contributed by atoms with van der Waals surface area (Å²) < 4.78 is 5.13. The molecule has 0 bridgehead atoms. The Hall–Kier alpha value is -3.68. The second kappa shape index (κ2) is 9.42. The molecule has 0 aromatic heterocycles. The summed E-state index contributed by atoms with van der Waals surface area (Å²) in [5.74, 6) is -2.42. The van der Waals surface area contributed by atoms with Crippen LogP contribution in [-0.4, -0.2) is 35.4 Å². The first-order valence-corrected chi connectivity index (χ1v) is 10.2. The molecule has 2 aromatic rings. The summed E-state index contributed by atoms with van der Waals surface area (Å²) in [6.07, 6.45) is 0.811. The van der Waals surface area contributed by atoms with Crippen molar-refractivity contribution < 1.29 is 23.9 Å². The van der Waals surface area contributed by atoms with Gasteiger partial charge in [0.25, 0.3) is 11.8 Å². The number of imide groups is 1. The summed E-state index contributed by atoms with van der Waals surface area (Å²) in [6.45, 7) is 3.01. The van der Waals surface area contributed by atoms with Crippen LogP contribution in [0.3, 0.4) is 0 Å². The number of nitrogens with zero attached hydrogens (tertiary/aromatic N) is 1. The minimum atomic E-state index is -1.26. The molecule has 0 spiro atoms. The molecule has 1 aliphatic rings. The first kappa shape index (κ1) is 22.0. The lowest BCUT2D eigenvalue weighted by atomic mass is 9.87. The zero-order valence-corrected chi connectivity index (χ0v) is 17.5. The third-order valence-corrected chi connectivity index (χ3v) is 5.37. The van der Waals surface area contributed by atoms with Crippen molar-refractivity contribution in [1.29, 1.82) is 0 Å². The molecule has 0 aliphatic carbocycles. The number of ether oxygens (including phenoxy) is 1. The van der Waals surface area contributed by atoms with Crippen LogP contribution in [0.25, 0.3) is 0 Å². The van der Waals surface area contributed by atoms with E-state index < -0.39 is 41.9 Å². The minimum absolute atomic E-state index is 0.304. The third-order valence-electron chi connectivity index (χ3n) is 5.37. The lowest BCUT2D eigenvalue weighted by Crippen LogP contribution is -2.49. The minimum Gasteiger partial charge on any atom is -0.455 e. The van der Waals surface area contributed by atoms with Gasteiger partial charge in [0.1, 0.15) is 5.54 Å². The van der Waals surface area contributed by atoms with Gasteiger partial charge in [0.2, 0.25) is 0 Å². The number of rotatable bonds is 8. The van der Waals surface area contributed by atoms with E-state index in [1.807, 2.05) is 37.3 Å². The largest absolute Gasteiger partial charge is 0.455 e.